The van der Waals surface area contributed by atoms with Crippen LogP contribution in [0.5, 0.6) is 0 Å². The fourth-order valence-corrected chi connectivity index (χ4v) is 2.12. The van der Waals surface area contributed by atoms with E-state index < -0.39 is 5.97 Å². The summed E-state index contributed by atoms with van der Waals surface area (Å²) in [5, 5.41) is 8.90. The van der Waals surface area contributed by atoms with Gasteiger partial charge in [-0.05, 0) is 32.2 Å². The SMILES string of the molecule is CCC(=CCN(C)CC1CCCOC1)C(=O)O. The molecule has 1 fully saturated rings. The third kappa shape index (κ3) is 5.33. The summed E-state index contributed by atoms with van der Waals surface area (Å²) in [5.74, 6) is -0.209. The average molecular weight is 241 g/mol. The summed E-state index contributed by atoms with van der Waals surface area (Å²) in [6.45, 7) is 5.28. The highest BCUT2D eigenvalue weighted by Crippen LogP contribution is 2.14. The molecule has 1 aliphatic heterocycles. The van der Waals surface area contributed by atoms with Crippen molar-refractivity contribution in [3.63, 3.8) is 0 Å². The predicted octanol–water partition coefficient (Wildman–Crippen LogP) is 1.77. The van der Waals surface area contributed by atoms with Crippen LogP contribution in [0.4, 0.5) is 0 Å². The molecule has 0 bridgehead atoms. The molecule has 1 rings (SSSR count). The van der Waals surface area contributed by atoms with Gasteiger partial charge in [0.25, 0.3) is 0 Å². The van der Waals surface area contributed by atoms with Gasteiger partial charge in [0.1, 0.15) is 0 Å². The Morgan fingerprint density at radius 1 is 1.59 bits per heavy atom. The second-order valence-electron chi connectivity index (χ2n) is 4.69. The zero-order valence-electron chi connectivity index (χ0n) is 10.8. The van der Waals surface area contributed by atoms with E-state index in [1.807, 2.05) is 20.0 Å². The van der Waals surface area contributed by atoms with Crippen molar-refractivity contribution in [3.05, 3.63) is 11.6 Å². The summed E-state index contributed by atoms with van der Waals surface area (Å²) in [6.07, 6.45) is 4.75. The highest BCUT2D eigenvalue weighted by atomic mass is 16.5. The molecule has 1 N–H and O–H groups in total. The van der Waals surface area contributed by atoms with Crippen molar-refractivity contribution in [2.24, 2.45) is 5.92 Å². The number of hydrogen-bond acceptors (Lipinski definition) is 3. The number of nitrogens with zero attached hydrogens (tertiary/aromatic N) is 1. The van der Waals surface area contributed by atoms with Crippen LogP contribution in [0.1, 0.15) is 26.2 Å². The molecule has 0 saturated carbocycles. The molecular formula is C13H23NO3. The largest absolute Gasteiger partial charge is 0.478 e. The zero-order valence-corrected chi connectivity index (χ0v) is 10.8. The number of carboxylic acid groups (broad SMARTS) is 1. The van der Waals surface area contributed by atoms with Crippen molar-refractivity contribution in [2.45, 2.75) is 26.2 Å². The van der Waals surface area contributed by atoms with Crippen molar-refractivity contribution in [2.75, 3.05) is 33.4 Å². The van der Waals surface area contributed by atoms with Gasteiger partial charge in [-0.2, -0.15) is 0 Å². The van der Waals surface area contributed by atoms with Crippen molar-refractivity contribution >= 4 is 5.97 Å². The first-order valence-corrected chi connectivity index (χ1v) is 6.32. The number of likely N-dealkylation sites (N-methyl/N-ethyl adjacent to an activating group) is 1. The summed E-state index contributed by atoms with van der Waals surface area (Å²) in [4.78, 5) is 13.0. The average Bonchev–Trinajstić information content (AvgIpc) is 2.30. The van der Waals surface area contributed by atoms with Crippen molar-refractivity contribution < 1.29 is 14.6 Å². The first-order chi connectivity index (χ1) is 8.13. The van der Waals surface area contributed by atoms with Gasteiger partial charge in [-0.25, -0.2) is 4.79 Å². The molecular weight excluding hydrogens is 218 g/mol. The molecule has 4 nitrogen and oxygen atoms in total. The fraction of sp³-hybridized carbons (Fsp3) is 0.769. The molecule has 1 unspecified atom stereocenters. The van der Waals surface area contributed by atoms with Crippen LogP contribution in [-0.4, -0.2) is 49.3 Å². The molecule has 0 aliphatic carbocycles. The van der Waals surface area contributed by atoms with E-state index in [4.69, 9.17) is 9.84 Å². The Hall–Kier alpha value is -0.870. The summed E-state index contributed by atoms with van der Waals surface area (Å²) in [6, 6.07) is 0. The number of aliphatic carboxylic acids is 1. The van der Waals surface area contributed by atoms with Gasteiger partial charge < -0.3 is 14.7 Å². The van der Waals surface area contributed by atoms with E-state index in [0.717, 1.165) is 26.2 Å². The molecule has 0 radical (unpaired) electrons. The molecule has 0 amide bonds. The Morgan fingerprint density at radius 3 is 2.88 bits per heavy atom. The summed E-state index contributed by atoms with van der Waals surface area (Å²) in [7, 11) is 2.03. The molecule has 0 aromatic carbocycles. The Balaban J connectivity index is 2.32. The zero-order chi connectivity index (χ0) is 12.7. The van der Waals surface area contributed by atoms with Crippen LogP contribution in [0.2, 0.25) is 0 Å². The quantitative estimate of drug-likeness (QED) is 0.720. The lowest BCUT2D eigenvalue weighted by molar-refractivity contribution is -0.132. The lowest BCUT2D eigenvalue weighted by Gasteiger charge is -2.26. The van der Waals surface area contributed by atoms with Gasteiger partial charge in [-0.15, -0.1) is 0 Å². The summed E-state index contributed by atoms with van der Waals surface area (Å²) in [5.41, 5.74) is 0.497. The first kappa shape index (κ1) is 14.2. The monoisotopic (exact) mass is 241 g/mol. The molecule has 0 aromatic rings. The van der Waals surface area contributed by atoms with E-state index in [1.165, 1.54) is 6.42 Å². The fourth-order valence-electron chi connectivity index (χ4n) is 2.12. The highest BCUT2D eigenvalue weighted by Gasteiger charge is 2.15. The number of carboxylic acids is 1. The van der Waals surface area contributed by atoms with Crippen LogP contribution in [-0.2, 0) is 9.53 Å². The first-order valence-electron chi connectivity index (χ1n) is 6.32. The van der Waals surface area contributed by atoms with E-state index in [2.05, 4.69) is 4.90 Å². The lowest BCUT2D eigenvalue weighted by atomic mass is 10.0. The number of hydrogen-bond donors (Lipinski definition) is 1. The highest BCUT2D eigenvalue weighted by molar-refractivity contribution is 5.86. The van der Waals surface area contributed by atoms with Gasteiger partial charge in [0.05, 0.1) is 6.61 Å². The van der Waals surface area contributed by atoms with Crippen molar-refractivity contribution in [3.8, 4) is 0 Å². The summed E-state index contributed by atoms with van der Waals surface area (Å²) >= 11 is 0. The van der Waals surface area contributed by atoms with E-state index in [0.29, 0.717) is 24.5 Å². The Kier molecular flexibility index (Phi) is 6.22. The topological polar surface area (TPSA) is 49.8 Å². The molecule has 1 atom stereocenters. The standard InChI is InChI=1S/C13H23NO3/c1-3-12(13(15)16)6-7-14(2)9-11-5-4-8-17-10-11/h6,11H,3-5,7-10H2,1-2H3,(H,15,16). The lowest BCUT2D eigenvalue weighted by Crippen LogP contribution is -2.31. The maximum Gasteiger partial charge on any atom is 0.331 e. The van der Waals surface area contributed by atoms with E-state index in [1.54, 1.807) is 0 Å². The van der Waals surface area contributed by atoms with Crippen LogP contribution in [0, 0.1) is 5.92 Å². The Labute approximate surface area is 103 Å². The third-order valence-electron chi connectivity index (χ3n) is 3.13. The minimum absolute atomic E-state index is 0.497. The molecule has 4 heteroatoms. The van der Waals surface area contributed by atoms with Gasteiger partial charge in [-0.3, -0.25) is 0 Å². The van der Waals surface area contributed by atoms with Crippen molar-refractivity contribution in [1.29, 1.82) is 0 Å². The molecule has 0 spiro atoms. The predicted molar refractivity (Wildman–Crippen MR) is 67.0 cm³/mol. The number of ether oxygens (including phenoxy) is 1. The van der Waals surface area contributed by atoms with Gasteiger partial charge in [0, 0.05) is 25.3 Å². The maximum absolute atomic E-state index is 10.8. The van der Waals surface area contributed by atoms with Gasteiger partial charge in [0.2, 0.25) is 0 Å². The molecule has 1 heterocycles. The van der Waals surface area contributed by atoms with Gasteiger partial charge in [-0.1, -0.05) is 13.0 Å². The molecule has 17 heavy (non-hydrogen) atoms. The second kappa shape index (κ2) is 7.45. The summed E-state index contributed by atoms with van der Waals surface area (Å²) < 4.78 is 5.43. The minimum Gasteiger partial charge on any atom is -0.478 e. The van der Waals surface area contributed by atoms with Crippen LogP contribution in [0.25, 0.3) is 0 Å². The Morgan fingerprint density at radius 2 is 2.35 bits per heavy atom. The smallest absolute Gasteiger partial charge is 0.331 e. The number of rotatable bonds is 6. The van der Waals surface area contributed by atoms with Crippen LogP contribution in [0.3, 0.4) is 0 Å². The van der Waals surface area contributed by atoms with E-state index in [9.17, 15) is 4.79 Å². The van der Waals surface area contributed by atoms with E-state index in [-0.39, 0.29) is 0 Å². The molecule has 1 saturated heterocycles. The van der Waals surface area contributed by atoms with Crippen LogP contribution >= 0.6 is 0 Å². The number of carbonyl (C=O) groups is 1. The van der Waals surface area contributed by atoms with E-state index >= 15 is 0 Å². The van der Waals surface area contributed by atoms with Crippen LogP contribution in [0.15, 0.2) is 11.6 Å². The van der Waals surface area contributed by atoms with Crippen LogP contribution < -0.4 is 0 Å². The maximum atomic E-state index is 10.8. The van der Waals surface area contributed by atoms with Gasteiger partial charge in [0.15, 0.2) is 0 Å². The minimum atomic E-state index is -0.804. The molecule has 1 aliphatic rings. The molecule has 0 aromatic heterocycles. The second-order valence-corrected chi connectivity index (χ2v) is 4.69. The molecule has 98 valence electrons. The van der Waals surface area contributed by atoms with Crippen molar-refractivity contribution in [1.82, 2.24) is 4.90 Å². The van der Waals surface area contributed by atoms with Gasteiger partial charge >= 0.3 is 5.97 Å². The third-order valence-corrected chi connectivity index (χ3v) is 3.13. The Bertz CT molecular complexity index is 270. The normalized spacial score (nSPS) is 21.8.